The van der Waals surface area contributed by atoms with Crippen LogP contribution in [0.3, 0.4) is 0 Å². The van der Waals surface area contributed by atoms with Crippen LogP contribution in [0.15, 0.2) is 69.6 Å². The van der Waals surface area contributed by atoms with Crippen molar-refractivity contribution in [2.45, 2.75) is 20.8 Å². The van der Waals surface area contributed by atoms with E-state index in [9.17, 15) is 19.8 Å². The van der Waals surface area contributed by atoms with E-state index in [1.54, 1.807) is 19.1 Å². The zero-order valence-corrected chi connectivity index (χ0v) is 19.4. The third-order valence-electron chi connectivity index (χ3n) is 5.52. The number of aromatic amines is 1. The van der Waals surface area contributed by atoms with Crippen LogP contribution < -0.4 is 5.56 Å². The van der Waals surface area contributed by atoms with Crippen LogP contribution in [-0.2, 0) is 0 Å². The number of rotatable bonds is 5. The standard InChI is InChI=1S/C25H21ClN4O4/c1-13-7-8-19(9-14(13)2)30-24(32)22(15(3)29-30)28-27-21-12-18(26)11-20(23(21)31)16-5-4-6-17(10-16)25(33)34/h4-12,29,31H,1-3H3,(H,33,34). The number of hydrogen-bond donors (Lipinski definition) is 3. The van der Waals surface area contributed by atoms with E-state index < -0.39 is 5.97 Å². The smallest absolute Gasteiger partial charge is 0.335 e. The summed E-state index contributed by atoms with van der Waals surface area (Å²) in [5.74, 6) is -1.33. The quantitative estimate of drug-likeness (QED) is 0.295. The molecule has 9 heteroatoms. The summed E-state index contributed by atoms with van der Waals surface area (Å²) in [5.41, 5.74) is 3.88. The third-order valence-corrected chi connectivity index (χ3v) is 5.74. The molecule has 0 radical (unpaired) electrons. The van der Waals surface area contributed by atoms with E-state index >= 15 is 0 Å². The molecule has 0 bridgehead atoms. The molecule has 0 fully saturated rings. The first-order chi connectivity index (χ1) is 16.2. The number of hydrogen-bond acceptors (Lipinski definition) is 5. The fraction of sp³-hybridized carbons (Fsp3) is 0.120. The topological polar surface area (TPSA) is 120 Å². The predicted molar refractivity (Wildman–Crippen MR) is 130 cm³/mol. The highest BCUT2D eigenvalue weighted by Gasteiger charge is 2.16. The molecule has 172 valence electrons. The van der Waals surface area contributed by atoms with E-state index in [1.165, 1.54) is 28.9 Å². The van der Waals surface area contributed by atoms with Gasteiger partial charge in [0.15, 0.2) is 11.4 Å². The van der Waals surface area contributed by atoms with E-state index in [1.807, 2.05) is 32.0 Å². The summed E-state index contributed by atoms with van der Waals surface area (Å²) < 4.78 is 1.39. The van der Waals surface area contributed by atoms with Gasteiger partial charge in [-0.05, 0) is 73.9 Å². The van der Waals surface area contributed by atoms with Crippen molar-refractivity contribution in [2.24, 2.45) is 10.2 Å². The van der Waals surface area contributed by atoms with Crippen molar-refractivity contribution >= 4 is 28.9 Å². The number of H-pyrrole nitrogens is 1. The molecular weight excluding hydrogens is 456 g/mol. The van der Waals surface area contributed by atoms with Crippen molar-refractivity contribution in [1.29, 1.82) is 0 Å². The molecule has 0 amide bonds. The lowest BCUT2D eigenvalue weighted by molar-refractivity contribution is 0.0697. The number of benzene rings is 3. The Morgan fingerprint density at radius 1 is 1.00 bits per heavy atom. The van der Waals surface area contributed by atoms with Crippen LogP contribution >= 0.6 is 11.6 Å². The Balaban J connectivity index is 1.75. The summed E-state index contributed by atoms with van der Waals surface area (Å²) >= 11 is 6.23. The first kappa shape index (κ1) is 23.0. The highest BCUT2D eigenvalue weighted by Crippen LogP contribution is 2.40. The molecule has 8 nitrogen and oxygen atoms in total. The molecule has 0 atom stereocenters. The van der Waals surface area contributed by atoms with Gasteiger partial charge in [-0.25, -0.2) is 9.48 Å². The van der Waals surface area contributed by atoms with E-state index in [0.717, 1.165) is 11.1 Å². The summed E-state index contributed by atoms with van der Waals surface area (Å²) in [6.07, 6.45) is 0. The maximum absolute atomic E-state index is 13.0. The second-order valence-corrected chi connectivity index (χ2v) is 8.34. The Kier molecular flexibility index (Phi) is 6.08. The van der Waals surface area contributed by atoms with E-state index in [-0.39, 0.29) is 33.3 Å². The van der Waals surface area contributed by atoms with Crippen LogP contribution in [-0.4, -0.2) is 26.0 Å². The molecule has 4 aromatic rings. The predicted octanol–water partition coefficient (Wildman–Crippen LogP) is 6.23. The zero-order valence-electron chi connectivity index (χ0n) is 18.6. The monoisotopic (exact) mass is 476 g/mol. The lowest BCUT2D eigenvalue weighted by atomic mass is 10.0. The molecule has 1 aromatic heterocycles. The fourth-order valence-corrected chi connectivity index (χ4v) is 3.72. The van der Waals surface area contributed by atoms with E-state index in [0.29, 0.717) is 22.5 Å². The first-order valence-corrected chi connectivity index (χ1v) is 10.7. The number of phenolic OH excluding ortho intramolecular Hbond substituents is 1. The average molecular weight is 477 g/mol. The zero-order chi connectivity index (χ0) is 24.6. The molecule has 0 aliphatic rings. The lowest BCUT2D eigenvalue weighted by Crippen LogP contribution is -2.14. The Morgan fingerprint density at radius 2 is 1.76 bits per heavy atom. The fourth-order valence-electron chi connectivity index (χ4n) is 3.51. The molecule has 1 heterocycles. The third kappa shape index (κ3) is 4.35. The molecule has 0 saturated heterocycles. The summed E-state index contributed by atoms with van der Waals surface area (Å²) in [4.78, 5) is 24.3. The average Bonchev–Trinajstić information content (AvgIpc) is 3.09. The lowest BCUT2D eigenvalue weighted by Gasteiger charge is -2.08. The van der Waals surface area contributed by atoms with Gasteiger partial charge in [0, 0.05) is 10.6 Å². The second kappa shape index (κ2) is 8.99. The van der Waals surface area contributed by atoms with Crippen molar-refractivity contribution in [1.82, 2.24) is 9.78 Å². The minimum absolute atomic E-state index is 0.0426. The number of carbonyl (C=O) groups is 1. The van der Waals surface area contributed by atoms with Gasteiger partial charge >= 0.3 is 5.97 Å². The molecule has 0 saturated carbocycles. The first-order valence-electron chi connectivity index (χ1n) is 10.3. The minimum Gasteiger partial charge on any atom is -0.505 e. The maximum atomic E-state index is 13.0. The summed E-state index contributed by atoms with van der Waals surface area (Å²) in [7, 11) is 0. The Labute approximate surface area is 199 Å². The van der Waals surface area contributed by atoms with Gasteiger partial charge in [0.2, 0.25) is 0 Å². The number of phenols is 1. The number of aryl methyl sites for hydroxylation is 3. The number of nitrogens with zero attached hydrogens (tertiary/aromatic N) is 3. The van der Waals surface area contributed by atoms with Crippen LogP contribution in [0.2, 0.25) is 5.02 Å². The molecule has 34 heavy (non-hydrogen) atoms. The van der Waals surface area contributed by atoms with Crippen LogP contribution in [0.5, 0.6) is 5.75 Å². The molecule has 4 rings (SSSR count). The number of halogens is 1. The minimum atomic E-state index is -1.09. The van der Waals surface area contributed by atoms with E-state index in [2.05, 4.69) is 15.3 Å². The van der Waals surface area contributed by atoms with Gasteiger partial charge in [0.25, 0.3) is 5.56 Å². The number of aromatic hydroxyl groups is 1. The van der Waals surface area contributed by atoms with Crippen molar-refractivity contribution in [3.63, 3.8) is 0 Å². The number of azo groups is 1. The van der Waals surface area contributed by atoms with Crippen molar-refractivity contribution < 1.29 is 15.0 Å². The molecule has 0 spiro atoms. The van der Waals surface area contributed by atoms with Crippen LogP contribution in [0.1, 0.15) is 27.2 Å². The van der Waals surface area contributed by atoms with Gasteiger partial charge in [-0.15, -0.1) is 10.2 Å². The summed E-state index contributed by atoms with van der Waals surface area (Å²) in [6.45, 7) is 5.66. The number of carboxylic acids is 1. The van der Waals surface area contributed by atoms with Crippen LogP contribution in [0.25, 0.3) is 16.8 Å². The largest absolute Gasteiger partial charge is 0.505 e. The van der Waals surface area contributed by atoms with Gasteiger partial charge in [0.1, 0.15) is 5.69 Å². The highest BCUT2D eigenvalue weighted by atomic mass is 35.5. The van der Waals surface area contributed by atoms with Crippen LogP contribution in [0.4, 0.5) is 11.4 Å². The van der Waals surface area contributed by atoms with Gasteiger partial charge < -0.3 is 10.2 Å². The summed E-state index contributed by atoms with van der Waals surface area (Å²) in [5, 5.41) is 31.5. The van der Waals surface area contributed by atoms with Crippen molar-refractivity contribution in [2.75, 3.05) is 0 Å². The number of carboxylic acid groups (broad SMARTS) is 1. The van der Waals surface area contributed by atoms with Gasteiger partial charge in [0.05, 0.1) is 16.9 Å². The van der Waals surface area contributed by atoms with E-state index in [4.69, 9.17) is 11.6 Å². The molecule has 0 aliphatic carbocycles. The SMILES string of the molecule is Cc1ccc(-n2[nH]c(C)c(N=Nc3cc(Cl)cc(-c4cccc(C(=O)O)c4)c3O)c2=O)cc1C. The second-order valence-electron chi connectivity index (χ2n) is 7.90. The van der Waals surface area contributed by atoms with Crippen molar-refractivity contribution in [3.05, 3.63) is 92.4 Å². The van der Waals surface area contributed by atoms with Gasteiger partial charge in [-0.1, -0.05) is 29.8 Å². The number of aromatic carboxylic acids is 1. The molecule has 0 unspecified atom stereocenters. The summed E-state index contributed by atoms with van der Waals surface area (Å²) in [6, 6.07) is 14.7. The molecule has 3 aromatic carbocycles. The molecule has 3 N–H and O–H groups in total. The van der Waals surface area contributed by atoms with Gasteiger partial charge in [-0.2, -0.15) is 0 Å². The Morgan fingerprint density at radius 3 is 2.47 bits per heavy atom. The normalized spacial score (nSPS) is 11.3. The Bertz CT molecular complexity index is 1520. The van der Waals surface area contributed by atoms with Crippen LogP contribution in [0, 0.1) is 20.8 Å². The molecular formula is C25H21ClN4O4. The Hall–Kier alpha value is -4.17. The highest BCUT2D eigenvalue weighted by molar-refractivity contribution is 6.31. The molecule has 0 aliphatic heterocycles. The number of nitrogens with one attached hydrogen (secondary N) is 1. The maximum Gasteiger partial charge on any atom is 0.335 e. The number of aromatic nitrogens is 2. The van der Waals surface area contributed by atoms with Crippen molar-refractivity contribution in [3.8, 4) is 22.6 Å². The van der Waals surface area contributed by atoms with Gasteiger partial charge in [-0.3, -0.25) is 9.89 Å².